The monoisotopic (exact) mass is 270 g/mol. The lowest BCUT2D eigenvalue weighted by Crippen LogP contribution is -2.51. The molecule has 2 atom stereocenters. The number of aliphatic hydroxyl groups excluding tert-OH is 1. The van der Waals surface area contributed by atoms with E-state index < -0.39 is 0 Å². The fourth-order valence-corrected chi connectivity index (χ4v) is 3.01. The summed E-state index contributed by atoms with van der Waals surface area (Å²) in [6.07, 6.45) is 3.06. The molecule has 2 unspecified atom stereocenters. The normalized spacial score (nSPS) is 24.6. The Bertz CT molecular complexity index is 286. The lowest BCUT2D eigenvalue weighted by molar-refractivity contribution is -0.131. The molecule has 0 radical (unpaired) electrons. The lowest BCUT2D eigenvalue weighted by Gasteiger charge is -2.40. The Labute approximate surface area is 117 Å². The zero-order chi connectivity index (χ0) is 14.5. The molecule has 0 aliphatic carbocycles. The minimum Gasteiger partial charge on any atom is -0.396 e. The quantitative estimate of drug-likeness (QED) is 0.747. The van der Waals surface area contributed by atoms with Crippen molar-refractivity contribution in [2.75, 3.05) is 26.2 Å². The molecule has 0 saturated carbocycles. The molecule has 1 saturated heterocycles. The molecule has 0 bridgehead atoms. The van der Waals surface area contributed by atoms with Crippen molar-refractivity contribution >= 4 is 5.91 Å². The highest BCUT2D eigenvalue weighted by Gasteiger charge is 2.30. The second kappa shape index (κ2) is 7.25. The summed E-state index contributed by atoms with van der Waals surface area (Å²) in [5.41, 5.74) is 0.306. The molecular formula is C15H30N2O2. The van der Waals surface area contributed by atoms with Crippen molar-refractivity contribution in [2.45, 2.75) is 53.0 Å². The van der Waals surface area contributed by atoms with Crippen LogP contribution in [0.5, 0.6) is 0 Å². The van der Waals surface area contributed by atoms with Crippen LogP contribution >= 0.6 is 0 Å². The lowest BCUT2D eigenvalue weighted by atomic mass is 9.80. The van der Waals surface area contributed by atoms with E-state index in [2.05, 4.69) is 26.1 Å². The van der Waals surface area contributed by atoms with Gasteiger partial charge in [-0.3, -0.25) is 4.79 Å². The maximum absolute atomic E-state index is 11.6. The predicted octanol–water partition coefficient (Wildman–Crippen LogP) is 1.63. The summed E-state index contributed by atoms with van der Waals surface area (Å²) < 4.78 is 0. The largest absolute Gasteiger partial charge is 0.396 e. The van der Waals surface area contributed by atoms with E-state index in [1.54, 1.807) is 6.92 Å². The van der Waals surface area contributed by atoms with Crippen molar-refractivity contribution in [1.29, 1.82) is 0 Å². The molecule has 0 aromatic rings. The van der Waals surface area contributed by atoms with E-state index in [1.165, 1.54) is 0 Å². The summed E-state index contributed by atoms with van der Waals surface area (Å²) in [4.78, 5) is 13.6. The van der Waals surface area contributed by atoms with Crippen molar-refractivity contribution in [3.05, 3.63) is 0 Å². The number of piperidine rings is 1. The van der Waals surface area contributed by atoms with Crippen LogP contribution in [0.4, 0.5) is 0 Å². The fraction of sp³-hybridized carbons (Fsp3) is 0.933. The summed E-state index contributed by atoms with van der Waals surface area (Å²) in [7, 11) is 0. The molecule has 112 valence electrons. The second-order valence-corrected chi connectivity index (χ2v) is 7.02. The molecule has 2 N–H and O–H groups in total. The van der Waals surface area contributed by atoms with Crippen LogP contribution in [0.3, 0.4) is 0 Å². The number of amides is 1. The number of likely N-dealkylation sites (tertiary alicyclic amines) is 1. The Balaban J connectivity index is 2.55. The number of hydrogen-bond acceptors (Lipinski definition) is 3. The Morgan fingerprint density at radius 2 is 2.05 bits per heavy atom. The van der Waals surface area contributed by atoms with Gasteiger partial charge in [-0.15, -0.1) is 0 Å². The van der Waals surface area contributed by atoms with Crippen LogP contribution < -0.4 is 5.32 Å². The van der Waals surface area contributed by atoms with Gasteiger partial charge in [-0.1, -0.05) is 20.8 Å². The molecule has 0 aromatic carbocycles. The number of carbonyl (C=O) groups is 1. The van der Waals surface area contributed by atoms with E-state index in [0.717, 1.165) is 38.9 Å². The van der Waals surface area contributed by atoms with Crippen LogP contribution in [-0.4, -0.2) is 48.2 Å². The predicted molar refractivity (Wildman–Crippen MR) is 77.9 cm³/mol. The van der Waals surface area contributed by atoms with Gasteiger partial charge in [0.1, 0.15) is 0 Å². The molecule has 4 heteroatoms. The Hall–Kier alpha value is -0.610. The van der Waals surface area contributed by atoms with E-state index >= 15 is 0 Å². The molecule has 4 nitrogen and oxygen atoms in total. The third kappa shape index (κ3) is 6.39. The molecule has 1 aliphatic rings. The van der Waals surface area contributed by atoms with Crippen molar-refractivity contribution < 1.29 is 9.90 Å². The number of nitrogens with one attached hydrogen (secondary N) is 1. The minimum absolute atomic E-state index is 0.174. The maximum Gasteiger partial charge on any atom is 0.219 e. The fourth-order valence-electron chi connectivity index (χ4n) is 3.01. The second-order valence-electron chi connectivity index (χ2n) is 7.02. The van der Waals surface area contributed by atoms with Gasteiger partial charge in [0.25, 0.3) is 0 Å². The van der Waals surface area contributed by atoms with Gasteiger partial charge in [-0.25, -0.2) is 0 Å². The molecule has 19 heavy (non-hydrogen) atoms. The summed E-state index contributed by atoms with van der Waals surface area (Å²) in [6, 6.07) is 0.372. The van der Waals surface area contributed by atoms with E-state index in [0.29, 0.717) is 17.4 Å². The van der Waals surface area contributed by atoms with E-state index in [-0.39, 0.29) is 12.5 Å². The highest BCUT2D eigenvalue weighted by Crippen LogP contribution is 2.30. The van der Waals surface area contributed by atoms with Crippen molar-refractivity contribution in [3.63, 3.8) is 0 Å². The van der Waals surface area contributed by atoms with Crippen molar-refractivity contribution in [1.82, 2.24) is 10.2 Å². The molecule has 0 spiro atoms. The average molecular weight is 270 g/mol. The molecule has 1 fully saturated rings. The molecule has 0 aromatic heterocycles. The van der Waals surface area contributed by atoms with E-state index in [1.807, 2.05) is 4.90 Å². The summed E-state index contributed by atoms with van der Waals surface area (Å²) in [5, 5.41) is 12.3. The van der Waals surface area contributed by atoms with Crippen LogP contribution in [0.25, 0.3) is 0 Å². The SMILES string of the molecule is CC(=O)N1CC(CC(C)(C)C)CC(NCCCO)C1. The van der Waals surface area contributed by atoms with Crippen LogP contribution in [0.1, 0.15) is 47.0 Å². The van der Waals surface area contributed by atoms with Gasteiger partial charge in [0.2, 0.25) is 5.91 Å². The Morgan fingerprint density at radius 1 is 1.37 bits per heavy atom. The third-order valence-corrected chi connectivity index (χ3v) is 3.65. The smallest absolute Gasteiger partial charge is 0.219 e. The number of hydrogen-bond donors (Lipinski definition) is 2. The van der Waals surface area contributed by atoms with Crippen LogP contribution in [0, 0.1) is 11.3 Å². The van der Waals surface area contributed by atoms with Crippen molar-refractivity contribution in [2.24, 2.45) is 11.3 Å². The number of carbonyl (C=O) groups excluding carboxylic acids is 1. The Kier molecular flexibility index (Phi) is 6.27. The Morgan fingerprint density at radius 3 is 2.58 bits per heavy atom. The van der Waals surface area contributed by atoms with Gasteiger partial charge in [0.15, 0.2) is 0 Å². The number of aliphatic hydroxyl groups is 1. The minimum atomic E-state index is 0.174. The maximum atomic E-state index is 11.6. The van der Waals surface area contributed by atoms with Gasteiger partial charge >= 0.3 is 0 Å². The zero-order valence-electron chi connectivity index (χ0n) is 12.9. The average Bonchev–Trinajstić information content (AvgIpc) is 2.26. The van der Waals surface area contributed by atoms with E-state index in [9.17, 15) is 4.79 Å². The topological polar surface area (TPSA) is 52.6 Å². The number of rotatable bonds is 5. The van der Waals surface area contributed by atoms with Gasteiger partial charge in [-0.2, -0.15) is 0 Å². The standard InChI is InChI=1S/C15H30N2O2/c1-12(19)17-10-13(9-15(2,3)4)8-14(11-17)16-6-5-7-18/h13-14,16,18H,5-11H2,1-4H3. The highest BCUT2D eigenvalue weighted by molar-refractivity contribution is 5.73. The van der Waals surface area contributed by atoms with Gasteiger partial charge in [-0.05, 0) is 37.1 Å². The first-order valence-corrected chi connectivity index (χ1v) is 7.41. The summed E-state index contributed by atoms with van der Waals surface area (Å²) >= 11 is 0. The molecule has 1 rings (SSSR count). The van der Waals surface area contributed by atoms with E-state index in [4.69, 9.17) is 5.11 Å². The van der Waals surface area contributed by atoms with Crippen LogP contribution in [-0.2, 0) is 4.79 Å². The summed E-state index contributed by atoms with van der Waals surface area (Å²) in [6.45, 7) is 11.2. The van der Waals surface area contributed by atoms with Gasteiger partial charge in [0, 0.05) is 32.7 Å². The first-order valence-electron chi connectivity index (χ1n) is 7.41. The van der Waals surface area contributed by atoms with Crippen molar-refractivity contribution in [3.8, 4) is 0 Å². The van der Waals surface area contributed by atoms with Gasteiger partial charge in [0.05, 0.1) is 0 Å². The zero-order valence-corrected chi connectivity index (χ0v) is 12.9. The first-order chi connectivity index (χ1) is 8.81. The first kappa shape index (κ1) is 16.4. The molecule has 1 amide bonds. The third-order valence-electron chi connectivity index (χ3n) is 3.65. The molecular weight excluding hydrogens is 240 g/mol. The summed E-state index contributed by atoms with van der Waals surface area (Å²) in [5.74, 6) is 0.747. The van der Waals surface area contributed by atoms with Crippen LogP contribution in [0.15, 0.2) is 0 Å². The van der Waals surface area contributed by atoms with Gasteiger partial charge < -0.3 is 15.3 Å². The van der Waals surface area contributed by atoms with Crippen LogP contribution in [0.2, 0.25) is 0 Å². The molecule has 1 heterocycles. The number of nitrogens with zero attached hydrogens (tertiary/aromatic N) is 1. The molecule has 1 aliphatic heterocycles. The highest BCUT2D eigenvalue weighted by atomic mass is 16.3.